The van der Waals surface area contributed by atoms with Gasteiger partial charge in [0, 0.05) is 63.8 Å². The van der Waals surface area contributed by atoms with E-state index < -0.39 is 38.8 Å². The monoisotopic (exact) mass is 507 g/mol. The maximum Gasteiger partial charge on any atom is 0.213 e. The summed E-state index contributed by atoms with van der Waals surface area (Å²) >= 11 is 1.85. The first kappa shape index (κ1) is 24.6. The lowest BCUT2D eigenvalue weighted by atomic mass is 9.77. The van der Waals surface area contributed by atoms with Gasteiger partial charge in [-0.15, -0.1) is 0 Å². The third kappa shape index (κ3) is 3.45. The van der Waals surface area contributed by atoms with Crippen molar-refractivity contribution in [1.29, 1.82) is 0 Å². The van der Waals surface area contributed by atoms with Crippen LogP contribution < -0.4 is 22.9 Å². The van der Waals surface area contributed by atoms with Gasteiger partial charge in [-0.1, -0.05) is 0 Å². The van der Waals surface area contributed by atoms with E-state index in [0.717, 1.165) is 11.5 Å². The molecular weight excluding hydrogens is 470 g/mol. The predicted octanol–water partition coefficient (Wildman–Crippen LogP) is -3.51. The SMILES string of the molecule is NC1(C2CCO2)OC(N)(N2CCOCC2)C(N)(N2CCSCC2)C1(N)N1CCS(=O)(=O)CC1. The van der Waals surface area contributed by atoms with Crippen LogP contribution in [0.4, 0.5) is 0 Å². The maximum atomic E-state index is 12.3. The Kier molecular flexibility index (Phi) is 6.33. The molecule has 190 valence electrons. The summed E-state index contributed by atoms with van der Waals surface area (Å²) in [5.74, 6) is 0.182. The van der Waals surface area contributed by atoms with Gasteiger partial charge >= 0.3 is 0 Å². The van der Waals surface area contributed by atoms with Crippen LogP contribution >= 0.6 is 11.8 Å². The minimum absolute atomic E-state index is 0.0192. The Hall–Kier alpha value is -0.100. The number of sulfone groups is 1. The Bertz CT molecular complexity index is 839. The minimum Gasteiger partial charge on any atom is -0.379 e. The molecule has 5 saturated heterocycles. The molecule has 0 aromatic carbocycles. The average molecular weight is 508 g/mol. The first-order chi connectivity index (χ1) is 15.6. The van der Waals surface area contributed by atoms with Crippen molar-refractivity contribution in [2.24, 2.45) is 22.9 Å². The van der Waals surface area contributed by atoms with E-state index in [0.29, 0.717) is 52.4 Å². The fraction of sp³-hybridized carbons (Fsp3) is 1.00. The van der Waals surface area contributed by atoms with Crippen molar-refractivity contribution < 1.29 is 22.6 Å². The number of ether oxygens (including phenoxy) is 3. The zero-order valence-electron chi connectivity index (χ0n) is 19.0. The molecule has 0 aromatic heterocycles. The number of hydrogen-bond donors (Lipinski definition) is 4. The molecule has 0 aliphatic carbocycles. The van der Waals surface area contributed by atoms with Gasteiger partial charge in [0.15, 0.2) is 26.9 Å². The first-order valence-corrected chi connectivity index (χ1v) is 14.6. The normalized spacial score (nSPS) is 47.9. The lowest BCUT2D eigenvalue weighted by Crippen LogP contribution is -2.93. The topological polar surface area (TPSA) is 176 Å². The quantitative estimate of drug-likeness (QED) is 0.295. The van der Waals surface area contributed by atoms with E-state index in [4.69, 9.17) is 37.1 Å². The van der Waals surface area contributed by atoms with E-state index in [2.05, 4.69) is 4.90 Å². The minimum atomic E-state index is -3.16. The molecular formula is C19H37N7O5S2. The third-order valence-corrected chi connectivity index (χ3v) is 10.6. The molecule has 5 heterocycles. The number of morpholine rings is 1. The molecule has 14 heteroatoms. The molecule has 0 aromatic rings. The van der Waals surface area contributed by atoms with E-state index in [-0.39, 0.29) is 24.6 Å². The molecule has 8 N–H and O–H groups in total. The van der Waals surface area contributed by atoms with E-state index in [9.17, 15) is 8.42 Å². The van der Waals surface area contributed by atoms with Crippen molar-refractivity contribution in [3.05, 3.63) is 0 Å². The van der Waals surface area contributed by atoms with Gasteiger partial charge in [-0.2, -0.15) is 11.8 Å². The standard InChI is InChI=1S/C19H37N7O5S2/c20-16(15-1-8-30-15)17(21,25-6-13-33(27,28)14-7-25)18(22,24-4-11-32-12-5-24)19(23,31-16)26-2-9-29-10-3-26/h15H,1-14,20-23H2. The number of hydrogen-bond acceptors (Lipinski definition) is 13. The fourth-order valence-corrected chi connectivity index (χ4v) is 8.11. The number of rotatable bonds is 4. The highest BCUT2D eigenvalue weighted by Gasteiger charge is 2.82. The smallest absolute Gasteiger partial charge is 0.213 e. The zero-order valence-corrected chi connectivity index (χ0v) is 20.6. The van der Waals surface area contributed by atoms with E-state index in [1.165, 1.54) is 0 Å². The van der Waals surface area contributed by atoms with Gasteiger partial charge in [0.1, 0.15) is 6.10 Å². The van der Waals surface area contributed by atoms with E-state index in [1.54, 1.807) is 0 Å². The Balaban J connectivity index is 1.65. The number of thioether (sulfide) groups is 1. The van der Waals surface area contributed by atoms with Crippen LogP contribution in [0.25, 0.3) is 0 Å². The molecule has 33 heavy (non-hydrogen) atoms. The molecule has 5 rings (SSSR count). The second-order valence-corrected chi connectivity index (χ2v) is 13.1. The Morgan fingerprint density at radius 1 is 0.788 bits per heavy atom. The summed E-state index contributed by atoms with van der Waals surface area (Å²) in [7, 11) is -3.16. The summed E-state index contributed by atoms with van der Waals surface area (Å²) in [4.78, 5) is 5.98. The van der Waals surface area contributed by atoms with Gasteiger partial charge in [-0.25, -0.2) is 8.42 Å². The molecule has 5 aliphatic rings. The molecule has 0 amide bonds. The Labute approximate surface area is 199 Å². The summed E-state index contributed by atoms with van der Waals surface area (Å²) < 4.78 is 42.6. The van der Waals surface area contributed by atoms with Gasteiger partial charge in [-0.05, 0) is 0 Å². The van der Waals surface area contributed by atoms with E-state index >= 15 is 0 Å². The highest BCUT2D eigenvalue weighted by atomic mass is 32.2. The Morgan fingerprint density at radius 2 is 1.36 bits per heavy atom. The summed E-state index contributed by atoms with van der Waals surface area (Å²) in [6.07, 6.45) is 0.154. The van der Waals surface area contributed by atoms with Gasteiger partial charge in [0.2, 0.25) is 5.85 Å². The van der Waals surface area contributed by atoms with Crippen LogP contribution in [0.2, 0.25) is 0 Å². The maximum absolute atomic E-state index is 12.3. The van der Waals surface area contributed by atoms with Crippen molar-refractivity contribution in [2.75, 3.05) is 82.1 Å². The van der Waals surface area contributed by atoms with Crippen LogP contribution in [0.5, 0.6) is 0 Å². The molecule has 5 aliphatic heterocycles. The second-order valence-electron chi connectivity index (χ2n) is 9.61. The number of nitrogens with zero attached hydrogens (tertiary/aromatic N) is 3. The summed E-state index contributed by atoms with van der Waals surface area (Å²) in [6.45, 7) is 4.31. The van der Waals surface area contributed by atoms with Gasteiger partial charge in [-0.3, -0.25) is 26.2 Å². The van der Waals surface area contributed by atoms with Crippen LogP contribution in [0, 0.1) is 0 Å². The molecule has 5 fully saturated rings. The summed E-state index contributed by atoms with van der Waals surface area (Å²) in [6, 6.07) is 0. The van der Waals surface area contributed by atoms with Crippen molar-refractivity contribution in [3.8, 4) is 0 Å². The lowest BCUT2D eigenvalue weighted by molar-refractivity contribution is -0.270. The summed E-state index contributed by atoms with van der Waals surface area (Å²) in [5, 5.41) is 0. The molecule has 5 unspecified atom stereocenters. The first-order valence-electron chi connectivity index (χ1n) is 11.7. The zero-order chi connectivity index (χ0) is 23.5. The highest BCUT2D eigenvalue weighted by molar-refractivity contribution is 7.99. The molecule has 0 saturated carbocycles. The fourth-order valence-electron chi connectivity index (χ4n) is 6.01. The largest absolute Gasteiger partial charge is 0.379 e. The van der Waals surface area contributed by atoms with Crippen molar-refractivity contribution >= 4 is 21.6 Å². The van der Waals surface area contributed by atoms with Crippen LogP contribution in [-0.2, 0) is 24.0 Å². The molecule has 12 nitrogen and oxygen atoms in total. The van der Waals surface area contributed by atoms with E-state index in [1.807, 2.05) is 21.6 Å². The number of nitrogens with two attached hydrogens (primary N) is 4. The molecule has 0 spiro atoms. The highest BCUT2D eigenvalue weighted by Crippen LogP contribution is 2.54. The van der Waals surface area contributed by atoms with Crippen LogP contribution in [0.3, 0.4) is 0 Å². The van der Waals surface area contributed by atoms with Crippen LogP contribution in [0.15, 0.2) is 0 Å². The molecule has 0 bridgehead atoms. The predicted molar refractivity (Wildman–Crippen MR) is 125 cm³/mol. The van der Waals surface area contributed by atoms with Crippen molar-refractivity contribution in [1.82, 2.24) is 14.7 Å². The van der Waals surface area contributed by atoms with Crippen LogP contribution in [0.1, 0.15) is 6.42 Å². The lowest BCUT2D eigenvalue weighted by Gasteiger charge is -2.61. The van der Waals surface area contributed by atoms with Crippen molar-refractivity contribution in [2.45, 2.75) is 35.4 Å². The second kappa shape index (κ2) is 8.49. The molecule has 5 atom stereocenters. The van der Waals surface area contributed by atoms with Gasteiger partial charge < -0.3 is 25.7 Å². The van der Waals surface area contributed by atoms with Crippen LogP contribution in [-0.4, -0.2) is 134 Å². The van der Waals surface area contributed by atoms with Crippen molar-refractivity contribution in [3.63, 3.8) is 0 Å². The Morgan fingerprint density at radius 3 is 1.91 bits per heavy atom. The van der Waals surface area contributed by atoms with Gasteiger partial charge in [0.05, 0.1) is 24.7 Å². The van der Waals surface area contributed by atoms with Gasteiger partial charge in [0.25, 0.3) is 0 Å². The average Bonchev–Trinajstić information content (AvgIpc) is 2.91. The summed E-state index contributed by atoms with van der Waals surface area (Å²) in [5.41, 5.74) is 24.6. The molecule has 0 radical (unpaired) electrons. The third-order valence-electron chi connectivity index (χ3n) is 8.06.